The predicted molar refractivity (Wildman–Crippen MR) is 52.8 cm³/mol. The molecule has 0 aliphatic heterocycles. The molecule has 0 fully saturated rings. The molecule has 0 amide bonds. The van der Waals surface area contributed by atoms with E-state index in [1.54, 1.807) is 6.92 Å². The fraction of sp³-hybridized carbons (Fsp3) is 0.800. The molecule has 0 aromatic rings. The fourth-order valence-corrected chi connectivity index (χ4v) is 0.857. The van der Waals surface area contributed by atoms with Gasteiger partial charge in [0.05, 0.1) is 38.6 Å². The third-order valence-corrected chi connectivity index (χ3v) is 1.71. The second-order valence-electron chi connectivity index (χ2n) is 2.89. The molecule has 0 aromatic carbocycles. The number of aliphatic hydroxyl groups is 2. The first kappa shape index (κ1) is 13.4. The molecule has 0 saturated carbocycles. The summed E-state index contributed by atoms with van der Waals surface area (Å²) < 4.78 is 10.2. The molecule has 0 bridgehead atoms. The minimum atomic E-state index is -0.627. The Morgan fingerprint density at radius 2 is 2.07 bits per heavy atom. The molecule has 4 heteroatoms. The molecule has 2 atom stereocenters. The second kappa shape index (κ2) is 8.97. The van der Waals surface area contributed by atoms with E-state index in [0.717, 1.165) is 0 Å². The van der Waals surface area contributed by atoms with Gasteiger partial charge in [-0.15, -0.1) is 12.3 Å². The maximum Gasteiger partial charge on any atom is 0.0907 e. The predicted octanol–water partition coefficient (Wildman–Crippen LogP) is -0.215. The smallest absolute Gasteiger partial charge is 0.0907 e. The molecule has 0 saturated heterocycles. The van der Waals surface area contributed by atoms with Crippen molar-refractivity contribution >= 4 is 0 Å². The van der Waals surface area contributed by atoms with Gasteiger partial charge in [-0.25, -0.2) is 0 Å². The van der Waals surface area contributed by atoms with Gasteiger partial charge in [0.15, 0.2) is 0 Å². The van der Waals surface area contributed by atoms with Gasteiger partial charge in [0.1, 0.15) is 0 Å². The minimum absolute atomic E-state index is 0.00920. The van der Waals surface area contributed by atoms with Gasteiger partial charge in [-0.3, -0.25) is 0 Å². The summed E-state index contributed by atoms with van der Waals surface area (Å²) in [5.41, 5.74) is 0. The lowest BCUT2D eigenvalue weighted by Crippen LogP contribution is -2.27. The Labute approximate surface area is 84.8 Å². The molecule has 0 aromatic heterocycles. The number of rotatable bonds is 8. The monoisotopic (exact) mass is 202 g/mol. The van der Waals surface area contributed by atoms with Crippen LogP contribution in [0.5, 0.6) is 0 Å². The molecule has 4 nitrogen and oxygen atoms in total. The van der Waals surface area contributed by atoms with Crippen LogP contribution in [-0.4, -0.2) is 48.8 Å². The van der Waals surface area contributed by atoms with E-state index in [-0.39, 0.29) is 12.7 Å². The van der Waals surface area contributed by atoms with Crippen molar-refractivity contribution in [2.75, 3.05) is 26.4 Å². The third kappa shape index (κ3) is 6.87. The highest BCUT2D eigenvalue weighted by molar-refractivity contribution is 4.88. The highest BCUT2D eigenvalue weighted by atomic mass is 16.5. The molecule has 82 valence electrons. The van der Waals surface area contributed by atoms with Crippen LogP contribution < -0.4 is 0 Å². The van der Waals surface area contributed by atoms with Crippen molar-refractivity contribution in [3.8, 4) is 12.3 Å². The number of hydrogen-bond donors (Lipinski definition) is 2. The standard InChI is InChI=1S/C10H18O4/c1-3-4-10(12)9(2)14-8-7-13-6-5-11/h1,9-12H,4-8H2,2H3. The summed E-state index contributed by atoms with van der Waals surface area (Å²) >= 11 is 0. The molecule has 0 aliphatic carbocycles. The number of terminal acetylenes is 1. The van der Waals surface area contributed by atoms with E-state index in [0.29, 0.717) is 26.2 Å². The maximum absolute atomic E-state index is 9.37. The first-order valence-corrected chi connectivity index (χ1v) is 4.64. The van der Waals surface area contributed by atoms with Crippen molar-refractivity contribution < 1.29 is 19.7 Å². The summed E-state index contributed by atoms with van der Waals surface area (Å²) in [6.07, 6.45) is 4.42. The lowest BCUT2D eigenvalue weighted by atomic mass is 10.2. The van der Waals surface area contributed by atoms with Gasteiger partial charge in [-0.05, 0) is 6.92 Å². The molecule has 0 heterocycles. The van der Waals surface area contributed by atoms with Crippen molar-refractivity contribution in [3.05, 3.63) is 0 Å². The van der Waals surface area contributed by atoms with Gasteiger partial charge < -0.3 is 19.7 Å². The summed E-state index contributed by atoms with van der Waals surface area (Å²) in [4.78, 5) is 0. The van der Waals surface area contributed by atoms with E-state index in [9.17, 15) is 5.11 Å². The average molecular weight is 202 g/mol. The zero-order chi connectivity index (χ0) is 10.8. The number of hydrogen-bond acceptors (Lipinski definition) is 4. The Morgan fingerprint density at radius 1 is 1.36 bits per heavy atom. The fourth-order valence-electron chi connectivity index (χ4n) is 0.857. The van der Waals surface area contributed by atoms with Gasteiger partial charge in [0.2, 0.25) is 0 Å². The molecular formula is C10H18O4. The zero-order valence-corrected chi connectivity index (χ0v) is 8.48. The van der Waals surface area contributed by atoms with E-state index >= 15 is 0 Å². The lowest BCUT2D eigenvalue weighted by molar-refractivity contribution is -0.0474. The van der Waals surface area contributed by atoms with Crippen LogP contribution >= 0.6 is 0 Å². The summed E-state index contributed by atoms with van der Waals surface area (Å²) in [6, 6.07) is 0. The van der Waals surface area contributed by atoms with E-state index in [1.807, 2.05) is 0 Å². The molecule has 2 unspecified atom stereocenters. The molecule has 0 radical (unpaired) electrons. The van der Waals surface area contributed by atoms with Crippen LogP contribution in [0, 0.1) is 12.3 Å². The quantitative estimate of drug-likeness (QED) is 0.422. The molecular weight excluding hydrogens is 184 g/mol. The van der Waals surface area contributed by atoms with E-state index < -0.39 is 6.10 Å². The van der Waals surface area contributed by atoms with Crippen molar-refractivity contribution in [1.29, 1.82) is 0 Å². The first-order chi connectivity index (χ1) is 6.72. The zero-order valence-electron chi connectivity index (χ0n) is 8.48. The third-order valence-electron chi connectivity index (χ3n) is 1.71. The normalized spacial score (nSPS) is 14.7. The highest BCUT2D eigenvalue weighted by Crippen LogP contribution is 2.01. The Morgan fingerprint density at radius 3 is 2.64 bits per heavy atom. The Bertz CT molecular complexity index is 164. The van der Waals surface area contributed by atoms with Gasteiger partial charge in [-0.2, -0.15) is 0 Å². The molecule has 14 heavy (non-hydrogen) atoms. The topological polar surface area (TPSA) is 58.9 Å². The number of aliphatic hydroxyl groups excluding tert-OH is 2. The van der Waals surface area contributed by atoms with Crippen molar-refractivity contribution in [2.45, 2.75) is 25.6 Å². The highest BCUT2D eigenvalue weighted by Gasteiger charge is 2.12. The van der Waals surface area contributed by atoms with Gasteiger partial charge in [0, 0.05) is 6.42 Å². The second-order valence-corrected chi connectivity index (χ2v) is 2.89. The lowest BCUT2D eigenvalue weighted by Gasteiger charge is -2.17. The SMILES string of the molecule is C#CCC(O)C(C)OCCOCCO. The van der Waals surface area contributed by atoms with Crippen LogP contribution in [0.2, 0.25) is 0 Å². The van der Waals surface area contributed by atoms with Crippen LogP contribution in [0.4, 0.5) is 0 Å². The van der Waals surface area contributed by atoms with Gasteiger partial charge in [0.25, 0.3) is 0 Å². The molecule has 0 rings (SSSR count). The van der Waals surface area contributed by atoms with Crippen LogP contribution in [0.25, 0.3) is 0 Å². The molecule has 0 spiro atoms. The first-order valence-electron chi connectivity index (χ1n) is 4.64. The van der Waals surface area contributed by atoms with E-state index in [1.165, 1.54) is 0 Å². The van der Waals surface area contributed by atoms with E-state index in [4.69, 9.17) is 21.0 Å². The largest absolute Gasteiger partial charge is 0.394 e. The number of ether oxygens (including phenoxy) is 2. The van der Waals surface area contributed by atoms with Crippen LogP contribution in [0.15, 0.2) is 0 Å². The Kier molecular flexibility index (Phi) is 8.59. The van der Waals surface area contributed by atoms with Crippen LogP contribution in [0.3, 0.4) is 0 Å². The van der Waals surface area contributed by atoms with Crippen LogP contribution in [-0.2, 0) is 9.47 Å². The minimum Gasteiger partial charge on any atom is -0.394 e. The van der Waals surface area contributed by atoms with Gasteiger partial charge >= 0.3 is 0 Å². The molecule has 2 N–H and O–H groups in total. The van der Waals surface area contributed by atoms with E-state index in [2.05, 4.69) is 5.92 Å². The Hall–Kier alpha value is -0.600. The summed E-state index contributed by atoms with van der Waals surface area (Å²) in [5, 5.41) is 17.8. The summed E-state index contributed by atoms with van der Waals surface area (Å²) in [5.74, 6) is 2.36. The van der Waals surface area contributed by atoms with Gasteiger partial charge in [-0.1, -0.05) is 0 Å². The summed E-state index contributed by atoms with van der Waals surface area (Å²) in [6.45, 7) is 2.88. The van der Waals surface area contributed by atoms with Crippen molar-refractivity contribution in [3.63, 3.8) is 0 Å². The molecule has 0 aliphatic rings. The van der Waals surface area contributed by atoms with Crippen molar-refractivity contribution in [2.24, 2.45) is 0 Å². The Balaban J connectivity index is 3.35. The van der Waals surface area contributed by atoms with Crippen molar-refractivity contribution in [1.82, 2.24) is 0 Å². The average Bonchev–Trinajstić information content (AvgIpc) is 2.17. The van der Waals surface area contributed by atoms with Crippen LogP contribution in [0.1, 0.15) is 13.3 Å². The summed E-state index contributed by atoms with van der Waals surface area (Å²) in [7, 11) is 0. The maximum atomic E-state index is 9.37.